The summed E-state index contributed by atoms with van der Waals surface area (Å²) in [4.78, 5) is 15.3. The van der Waals surface area contributed by atoms with E-state index in [9.17, 15) is 4.79 Å². The number of aryl methyl sites for hydroxylation is 1. The van der Waals surface area contributed by atoms with Gasteiger partial charge in [0.25, 0.3) is 5.91 Å². The molecule has 0 bridgehead atoms. The molecule has 1 aromatic heterocycles. The van der Waals surface area contributed by atoms with Crippen molar-refractivity contribution < 1.29 is 14.3 Å². The number of nitrogens with zero attached hydrogens (tertiary/aromatic N) is 4. The molecule has 150 valence electrons. The first kappa shape index (κ1) is 18.0. The third-order valence-electron chi connectivity index (χ3n) is 5.73. The van der Waals surface area contributed by atoms with Crippen molar-refractivity contribution in [2.75, 3.05) is 19.8 Å². The zero-order chi connectivity index (χ0) is 19.8. The van der Waals surface area contributed by atoms with Crippen molar-refractivity contribution in [2.45, 2.75) is 38.8 Å². The van der Waals surface area contributed by atoms with E-state index in [-0.39, 0.29) is 11.9 Å². The van der Waals surface area contributed by atoms with E-state index < -0.39 is 0 Å². The summed E-state index contributed by atoms with van der Waals surface area (Å²) in [6.45, 7) is 4.85. The number of fused-ring (bicyclic) bond motifs is 2. The van der Waals surface area contributed by atoms with Crippen LogP contribution in [0.4, 0.5) is 0 Å². The highest BCUT2D eigenvalue weighted by Crippen LogP contribution is 2.38. The van der Waals surface area contributed by atoms with Crippen LogP contribution in [0.5, 0.6) is 11.5 Å². The largest absolute Gasteiger partial charge is 0.490 e. The minimum absolute atomic E-state index is 0.0348. The molecule has 0 spiro atoms. The van der Waals surface area contributed by atoms with Crippen LogP contribution in [-0.2, 0) is 6.54 Å². The van der Waals surface area contributed by atoms with Gasteiger partial charge in [0.1, 0.15) is 5.52 Å². The van der Waals surface area contributed by atoms with Gasteiger partial charge in [0.15, 0.2) is 11.5 Å². The second-order valence-electron chi connectivity index (χ2n) is 7.52. The van der Waals surface area contributed by atoms with Crippen molar-refractivity contribution in [3.8, 4) is 11.5 Å². The molecule has 0 saturated carbocycles. The van der Waals surface area contributed by atoms with E-state index in [0.717, 1.165) is 60.4 Å². The molecular formula is C22H24N4O3. The summed E-state index contributed by atoms with van der Waals surface area (Å²) in [5.74, 6) is 1.59. The Bertz CT molecular complexity index is 1060. The molecular weight excluding hydrogens is 368 g/mol. The molecule has 2 aromatic carbocycles. The second kappa shape index (κ2) is 7.39. The third-order valence-corrected chi connectivity index (χ3v) is 5.73. The molecule has 0 aliphatic carbocycles. The van der Waals surface area contributed by atoms with Gasteiger partial charge >= 0.3 is 0 Å². The van der Waals surface area contributed by atoms with Crippen LogP contribution in [0.15, 0.2) is 36.4 Å². The van der Waals surface area contributed by atoms with E-state index in [2.05, 4.69) is 16.4 Å². The first-order valence-electron chi connectivity index (χ1n) is 10.3. The SMILES string of the molecule is CCn1nnc2cc(C(=O)N3CCC[C@@H]3c3ccc4c(c3)OCCCO4)ccc21. The van der Waals surface area contributed by atoms with Crippen molar-refractivity contribution >= 4 is 16.9 Å². The Morgan fingerprint density at radius 1 is 1.10 bits per heavy atom. The van der Waals surface area contributed by atoms with E-state index in [1.54, 1.807) is 0 Å². The van der Waals surface area contributed by atoms with Crippen molar-refractivity contribution in [3.05, 3.63) is 47.5 Å². The van der Waals surface area contributed by atoms with Crippen molar-refractivity contribution in [1.82, 2.24) is 19.9 Å². The Kier molecular flexibility index (Phi) is 4.58. The number of hydrogen-bond donors (Lipinski definition) is 0. The van der Waals surface area contributed by atoms with E-state index in [0.29, 0.717) is 18.8 Å². The number of carbonyl (C=O) groups excluding carboxylic acids is 1. The average molecular weight is 392 g/mol. The fourth-order valence-electron chi connectivity index (χ4n) is 4.25. The summed E-state index contributed by atoms with van der Waals surface area (Å²) in [6, 6.07) is 11.8. The average Bonchev–Trinajstić information content (AvgIpc) is 3.33. The molecule has 1 atom stereocenters. The lowest BCUT2D eigenvalue weighted by atomic mass is 10.0. The van der Waals surface area contributed by atoms with Gasteiger partial charge in [0.05, 0.1) is 24.8 Å². The van der Waals surface area contributed by atoms with Crippen LogP contribution in [0.3, 0.4) is 0 Å². The van der Waals surface area contributed by atoms with Gasteiger partial charge in [-0.3, -0.25) is 4.79 Å². The van der Waals surface area contributed by atoms with E-state index in [1.807, 2.05) is 46.8 Å². The van der Waals surface area contributed by atoms with Crippen LogP contribution in [0.1, 0.15) is 48.1 Å². The number of aromatic nitrogens is 3. The van der Waals surface area contributed by atoms with Gasteiger partial charge in [-0.15, -0.1) is 5.10 Å². The molecule has 0 unspecified atom stereocenters. The Morgan fingerprint density at radius 3 is 2.83 bits per heavy atom. The molecule has 3 aromatic rings. The molecule has 0 radical (unpaired) electrons. The Hall–Kier alpha value is -3.09. The summed E-state index contributed by atoms with van der Waals surface area (Å²) >= 11 is 0. The highest BCUT2D eigenvalue weighted by atomic mass is 16.5. The van der Waals surface area contributed by atoms with Crippen molar-refractivity contribution in [2.24, 2.45) is 0 Å². The molecule has 7 heteroatoms. The zero-order valence-corrected chi connectivity index (χ0v) is 16.5. The highest BCUT2D eigenvalue weighted by Gasteiger charge is 2.31. The number of carbonyl (C=O) groups is 1. The highest BCUT2D eigenvalue weighted by molar-refractivity contribution is 5.97. The van der Waals surface area contributed by atoms with Gasteiger partial charge in [-0.05, 0) is 55.7 Å². The zero-order valence-electron chi connectivity index (χ0n) is 16.5. The Labute approximate surface area is 169 Å². The van der Waals surface area contributed by atoms with E-state index in [4.69, 9.17) is 9.47 Å². The maximum atomic E-state index is 13.3. The van der Waals surface area contributed by atoms with Crippen LogP contribution in [0.2, 0.25) is 0 Å². The lowest BCUT2D eigenvalue weighted by molar-refractivity contribution is 0.0735. The molecule has 1 fully saturated rings. The van der Waals surface area contributed by atoms with Gasteiger partial charge in [-0.2, -0.15) is 0 Å². The topological polar surface area (TPSA) is 69.5 Å². The van der Waals surface area contributed by atoms with E-state index in [1.165, 1.54) is 0 Å². The fourth-order valence-corrected chi connectivity index (χ4v) is 4.25. The first-order valence-corrected chi connectivity index (χ1v) is 10.3. The molecule has 5 rings (SSSR count). The monoisotopic (exact) mass is 392 g/mol. The molecule has 1 saturated heterocycles. The molecule has 0 N–H and O–H groups in total. The number of rotatable bonds is 3. The Balaban J connectivity index is 1.43. The molecule has 2 aliphatic heterocycles. The number of ether oxygens (including phenoxy) is 2. The molecule has 3 heterocycles. The Morgan fingerprint density at radius 2 is 1.97 bits per heavy atom. The maximum absolute atomic E-state index is 13.3. The third kappa shape index (κ3) is 3.20. The lowest BCUT2D eigenvalue weighted by Crippen LogP contribution is -2.30. The van der Waals surface area contributed by atoms with Gasteiger partial charge in [0, 0.05) is 25.1 Å². The summed E-state index contributed by atoms with van der Waals surface area (Å²) < 4.78 is 13.4. The normalized spacial score (nSPS) is 18.8. The number of benzene rings is 2. The molecule has 7 nitrogen and oxygen atoms in total. The number of hydrogen-bond acceptors (Lipinski definition) is 5. The number of amides is 1. The predicted molar refractivity (Wildman–Crippen MR) is 108 cm³/mol. The lowest BCUT2D eigenvalue weighted by Gasteiger charge is -2.26. The minimum Gasteiger partial charge on any atom is -0.490 e. The minimum atomic E-state index is 0.0348. The van der Waals surface area contributed by atoms with E-state index >= 15 is 0 Å². The van der Waals surface area contributed by atoms with Crippen LogP contribution in [0, 0.1) is 0 Å². The predicted octanol–water partition coefficient (Wildman–Crippen LogP) is 3.59. The molecule has 2 aliphatic rings. The summed E-state index contributed by atoms with van der Waals surface area (Å²) in [6.07, 6.45) is 2.81. The maximum Gasteiger partial charge on any atom is 0.254 e. The molecule has 1 amide bonds. The van der Waals surface area contributed by atoms with Crippen molar-refractivity contribution in [3.63, 3.8) is 0 Å². The van der Waals surface area contributed by atoms with Gasteiger partial charge < -0.3 is 14.4 Å². The molecule has 29 heavy (non-hydrogen) atoms. The van der Waals surface area contributed by atoms with Gasteiger partial charge in [-0.1, -0.05) is 11.3 Å². The summed E-state index contributed by atoms with van der Waals surface area (Å²) in [7, 11) is 0. The quantitative estimate of drug-likeness (QED) is 0.681. The van der Waals surface area contributed by atoms with Crippen LogP contribution >= 0.6 is 0 Å². The van der Waals surface area contributed by atoms with Crippen molar-refractivity contribution in [1.29, 1.82) is 0 Å². The smallest absolute Gasteiger partial charge is 0.254 e. The first-order chi connectivity index (χ1) is 14.2. The van der Waals surface area contributed by atoms with Gasteiger partial charge in [-0.25, -0.2) is 4.68 Å². The van der Waals surface area contributed by atoms with Crippen LogP contribution < -0.4 is 9.47 Å². The van der Waals surface area contributed by atoms with Crippen LogP contribution in [0.25, 0.3) is 11.0 Å². The van der Waals surface area contributed by atoms with Crippen LogP contribution in [-0.4, -0.2) is 45.6 Å². The van der Waals surface area contributed by atoms with Gasteiger partial charge in [0.2, 0.25) is 0 Å². The second-order valence-corrected chi connectivity index (χ2v) is 7.52. The standard InChI is InChI=1S/C22H24N4O3/c1-2-26-19-8-6-16(13-17(19)23-24-26)22(27)25-10-3-5-18(25)15-7-9-20-21(14-15)29-12-4-11-28-20/h6-9,13-14,18H,2-5,10-12H2,1H3/t18-/m1/s1. The summed E-state index contributed by atoms with van der Waals surface area (Å²) in [5, 5.41) is 8.34. The number of likely N-dealkylation sites (tertiary alicyclic amines) is 1. The summed E-state index contributed by atoms with van der Waals surface area (Å²) in [5.41, 5.74) is 3.45. The fraction of sp³-hybridized carbons (Fsp3) is 0.409.